The standard InChI is InChI=1S/C56H92O6/c1-4-7-10-13-16-19-22-25-27-29-31-34-37-40-43-46-49-55(58)61-52-53(51-60-54(57)48-45-42-39-36-33-30-24-21-18-15-12-9-6-3)62-56(59)50-47-44-41-38-35-32-28-26-23-20-17-14-11-8-5-2/h7,9-10,12,15-21,23-27,53H,4-6,8,11,13-14,22,28-52H2,1-3H3/b10-7+,12-9+,18-15+,19-16+,20-17+,24-21+,26-23+,27-25+. The molecule has 6 heteroatoms. The summed E-state index contributed by atoms with van der Waals surface area (Å²) in [5.41, 5.74) is 0. The van der Waals surface area contributed by atoms with Crippen molar-refractivity contribution in [3.05, 3.63) is 97.2 Å². The molecular formula is C56H92O6. The van der Waals surface area contributed by atoms with E-state index in [0.717, 1.165) is 128 Å². The van der Waals surface area contributed by atoms with Crippen LogP contribution in [0.5, 0.6) is 0 Å². The van der Waals surface area contributed by atoms with Gasteiger partial charge >= 0.3 is 17.9 Å². The molecule has 62 heavy (non-hydrogen) atoms. The summed E-state index contributed by atoms with van der Waals surface area (Å²) in [6.07, 6.45) is 65.3. The van der Waals surface area contributed by atoms with Crippen LogP contribution in [0.4, 0.5) is 0 Å². The number of ether oxygens (including phenoxy) is 3. The lowest BCUT2D eigenvalue weighted by Crippen LogP contribution is -2.30. The lowest BCUT2D eigenvalue weighted by atomic mass is 10.1. The van der Waals surface area contributed by atoms with Crippen LogP contribution < -0.4 is 0 Å². The van der Waals surface area contributed by atoms with Gasteiger partial charge in [0.05, 0.1) is 0 Å². The van der Waals surface area contributed by atoms with Crippen molar-refractivity contribution in [2.24, 2.45) is 0 Å². The Morgan fingerprint density at radius 1 is 0.355 bits per heavy atom. The van der Waals surface area contributed by atoms with E-state index in [4.69, 9.17) is 14.2 Å². The molecule has 0 aromatic heterocycles. The fourth-order valence-electron chi connectivity index (χ4n) is 6.62. The first kappa shape index (κ1) is 58.3. The molecule has 0 bridgehead atoms. The van der Waals surface area contributed by atoms with Gasteiger partial charge in [-0.3, -0.25) is 14.4 Å². The molecule has 6 nitrogen and oxygen atoms in total. The average molecular weight is 861 g/mol. The number of hydrogen-bond donors (Lipinski definition) is 0. The zero-order chi connectivity index (χ0) is 45.1. The molecule has 0 aromatic rings. The summed E-state index contributed by atoms with van der Waals surface area (Å²) in [5, 5.41) is 0. The van der Waals surface area contributed by atoms with Gasteiger partial charge in [0, 0.05) is 19.3 Å². The van der Waals surface area contributed by atoms with E-state index in [1.54, 1.807) is 0 Å². The van der Waals surface area contributed by atoms with Crippen molar-refractivity contribution < 1.29 is 28.6 Å². The van der Waals surface area contributed by atoms with Gasteiger partial charge in [0.15, 0.2) is 6.10 Å². The van der Waals surface area contributed by atoms with Crippen LogP contribution in [0.2, 0.25) is 0 Å². The van der Waals surface area contributed by atoms with E-state index < -0.39 is 6.10 Å². The molecule has 0 saturated carbocycles. The first-order chi connectivity index (χ1) is 30.5. The SMILES string of the molecule is CC/C=C/C=C/C=C/CCCCCCCC(=O)OCC(COC(=O)CCCCCCCC/C=C/C/C=C/C/C=C/CC)OC(=O)CCCCCCCC/C=C/C=C/CCCCC. The van der Waals surface area contributed by atoms with E-state index in [0.29, 0.717) is 19.3 Å². The first-order valence-electron chi connectivity index (χ1n) is 25.3. The summed E-state index contributed by atoms with van der Waals surface area (Å²) in [5.74, 6) is -0.946. The largest absolute Gasteiger partial charge is 0.462 e. The third-order valence-electron chi connectivity index (χ3n) is 10.4. The Morgan fingerprint density at radius 3 is 1.18 bits per heavy atom. The molecule has 0 aromatic carbocycles. The quantitative estimate of drug-likeness (QED) is 0.0200. The smallest absolute Gasteiger partial charge is 0.306 e. The Morgan fingerprint density at radius 2 is 0.710 bits per heavy atom. The molecule has 0 radical (unpaired) electrons. The molecule has 0 aliphatic rings. The molecule has 0 fully saturated rings. The van der Waals surface area contributed by atoms with Crippen LogP contribution >= 0.6 is 0 Å². The molecule has 0 spiro atoms. The van der Waals surface area contributed by atoms with Gasteiger partial charge in [-0.25, -0.2) is 0 Å². The molecule has 0 aliphatic carbocycles. The molecule has 1 atom stereocenters. The highest BCUT2D eigenvalue weighted by Crippen LogP contribution is 2.13. The van der Waals surface area contributed by atoms with Crippen LogP contribution in [0.3, 0.4) is 0 Å². The molecule has 0 heterocycles. The van der Waals surface area contributed by atoms with Crippen molar-refractivity contribution in [2.45, 2.75) is 226 Å². The Balaban J connectivity index is 4.46. The summed E-state index contributed by atoms with van der Waals surface area (Å²) in [6, 6.07) is 0. The van der Waals surface area contributed by atoms with E-state index in [-0.39, 0.29) is 31.1 Å². The molecule has 0 rings (SSSR count). The van der Waals surface area contributed by atoms with Crippen molar-refractivity contribution in [1.29, 1.82) is 0 Å². The molecule has 1 unspecified atom stereocenters. The minimum absolute atomic E-state index is 0.0974. The molecule has 0 aliphatic heterocycles. The summed E-state index contributed by atoms with van der Waals surface area (Å²) >= 11 is 0. The lowest BCUT2D eigenvalue weighted by molar-refractivity contribution is -0.167. The van der Waals surface area contributed by atoms with E-state index in [1.807, 2.05) is 0 Å². The highest BCUT2D eigenvalue weighted by atomic mass is 16.6. The van der Waals surface area contributed by atoms with Crippen LogP contribution in [-0.4, -0.2) is 37.2 Å². The number of carbonyl (C=O) groups excluding carboxylic acids is 3. The Kier molecular flexibility index (Phi) is 47.0. The normalized spacial score (nSPS) is 12.9. The predicted molar refractivity (Wildman–Crippen MR) is 265 cm³/mol. The summed E-state index contributed by atoms with van der Waals surface area (Å²) in [4.78, 5) is 38.0. The zero-order valence-electron chi connectivity index (χ0n) is 40.1. The second-order valence-corrected chi connectivity index (χ2v) is 16.4. The number of hydrogen-bond acceptors (Lipinski definition) is 6. The Hall–Kier alpha value is -3.67. The molecular weight excluding hydrogens is 769 g/mol. The van der Waals surface area contributed by atoms with Gasteiger partial charge < -0.3 is 14.2 Å². The Bertz CT molecular complexity index is 1260. The topological polar surface area (TPSA) is 78.9 Å². The third kappa shape index (κ3) is 47.4. The van der Waals surface area contributed by atoms with Crippen molar-refractivity contribution >= 4 is 17.9 Å². The van der Waals surface area contributed by atoms with Crippen LogP contribution in [0.1, 0.15) is 220 Å². The first-order valence-corrected chi connectivity index (χ1v) is 25.3. The number of rotatable bonds is 44. The number of carbonyl (C=O) groups is 3. The molecule has 0 N–H and O–H groups in total. The lowest BCUT2D eigenvalue weighted by Gasteiger charge is -2.18. The zero-order valence-corrected chi connectivity index (χ0v) is 40.1. The number of unbranched alkanes of at least 4 members (excludes halogenated alkanes) is 20. The summed E-state index contributed by atoms with van der Waals surface area (Å²) in [6.45, 7) is 6.31. The van der Waals surface area contributed by atoms with E-state index in [9.17, 15) is 14.4 Å². The van der Waals surface area contributed by atoms with Crippen LogP contribution in [0, 0.1) is 0 Å². The van der Waals surface area contributed by atoms with Gasteiger partial charge in [-0.2, -0.15) is 0 Å². The second-order valence-electron chi connectivity index (χ2n) is 16.4. The predicted octanol–water partition coefficient (Wildman–Crippen LogP) is 16.6. The second kappa shape index (κ2) is 50.0. The maximum absolute atomic E-state index is 12.8. The molecule has 352 valence electrons. The highest BCUT2D eigenvalue weighted by Gasteiger charge is 2.19. The van der Waals surface area contributed by atoms with Crippen molar-refractivity contribution in [1.82, 2.24) is 0 Å². The van der Waals surface area contributed by atoms with Crippen LogP contribution in [0.15, 0.2) is 97.2 Å². The average Bonchev–Trinajstić information content (AvgIpc) is 3.27. The maximum Gasteiger partial charge on any atom is 0.306 e. The van der Waals surface area contributed by atoms with Gasteiger partial charge in [-0.05, 0) is 96.3 Å². The van der Waals surface area contributed by atoms with Crippen LogP contribution in [0.25, 0.3) is 0 Å². The maximum atomic E-state index is 12.8. The third-order valence-corrected chi connectivity index (χ3v) is 10.4. The van der Waals surface area contributed by atoms with Crippen molar-refractivity contribution in [2.75, 3.05) is 13.2 Å². The number of allylic oxidation sites excluding steroid dienone is 16. The van der Waals surface area contributed by atoms with Crippen LogP contribution in [-0.2, 0) is 28.6 Å². The van der Waals surface area contributed by atoms with Gasteiger partial charge in [0.2, 0.25) is 0 Å². The summed E-state index contributed by atoms with van der Waals surface area (Å²) in [7, 11) is 0. The van der Waals surface area contributed by atoms with Gasteiger partial charge in [0.1, 0.15) is 13.2 Å². The minimum atomic E-state index is -0.798. The minimum Gasteiger partial charge on any atom is -0.462 e. The highest BCUT2D eigenvalue weighted by molar-refractivity contribution is 5.71. The Labute approximate surface area is 381 Å². The van der Waals surface area contributed by atoms with E-state index in [2.05, 4.69) is 118 Å². The van der Waals surface area contributed by atoms with Crippen molar-refractivity contribution in [3.63, 3.8) is 0 Å². The van der Waals surface area contributed by atoms with Gasteiger partial charge in [0.25, 0.3) is 0 Å². The van der Waals surface area contributed by atoms with E-state index >= 15 is 0 Å². The fourth-order valence-corrected chi connectivity index (χ4v) is 6.62. The molecule has 0 amide bonds. The molecule has 0 saturated heterocycles. The summed E-state index contributed by atoms with van der Waals surface area (Å²) < 4.78 is 16.8. The van der Waals surface area contributed by atoms with E-state index in [1.165, 1.54) is 51.4 Å². The van der Waals surface area contributed by atoms with Gasteiger partial charge in [-0.15, -0.1) is 0 Å². The number of esters is 3. The van der Waals surface area contributed by atoms with Crippen molar-refractivity contribution in [3.8, 4) is 0 Å². The fraction of sp³-hybridized carbons (Fsp3) is 0.661. The van der Waals surface area contributed by atoms with Gasteiger partial charge in [-0.1, -0.05) is 201 Å². The monoisotopic (exact) mass is 861 g/mol.